The first-order valence-electron chi connectivity index (χ1n) is 9.63. The first-order chi connectivity index (χ1) is 13.2. The second-order valence-corrected chi connectivity index (χ2v) is 8.39. The van der Waals surface area contributed by atoms with E-state index in [2.05, 4.69) is 33.4 Å². The molecule has 0 spiro atoms. The zero-order valence-corrected chi connectivity index (χ0v) is 18.1. The summed E-state index contributed by atoms with van der Waals surface area (Å²) in [5, 5.41) is 4.42. The van der Waals surface area contributed by atoms with Crippen LogP contribution in [0, 0.1) is 0 Å². The van der Waals surface area contributed by atoms with Gasteiger partial charge >= 0.3 is 0 Å². The number of nitrogens with one attached hydrogen (secondary N) is 1. The van der Waals surface area contributed by atoms with Crippen LogP contribution in [0.25, 0.3) is 0 Å². The van der Waals surface area contributed by atoms with Gasteiger partial charge in [0.25, 0.3) is 0 Å². The third-order valence-corrected chi connectivity index (χ3v) is 5.84. The van der Waals surface area contributed by atoms with Gasteiger partial charge in [0.05, 0.1) is 11.6 Å². The summed E-state index contributed by atoms with van der Waals surface area (Å²) in [6.45, 7) is 1.28. The lowest BCUT2D eigenvalue weighted by atomic mass is 10.1. The van der Waals surface area contributed by atoms with E-state index in [0.29, 0.717) is 17.7 Å². The molecule has 27 heavy (non-hydrogen) atoms. The summed E-state index contributed by atoms with van der Waals surface area (Å²) in [5.41, 5.74) is 2.22. The summed E-state index contributed by atoms with van der Waals surface area (Å²) in [6, 6.07) is 12.5. The molecule has 1 fully saturated rings. The molecule has 5 heteroatoms. The van der Waals surface area contributed by atoms with Crippen molar-refractivity contribution in [3.63, 3.8) is 0 Å². The van der Waals surface area contributed by atoms with Crippen molar-refractivity contribution in [1.82, 2.24) is 5.32 Å². The van der Waals surface area contributed by atoms with Crippen LogP contribution >= 0.6 is 27.5 Å². The van der Waals surface area contributed by atoms with Crippen LogP contribution in [0.5, 0.6) is 11.5 Å². The first-order valence-corrected chi connectivity index (χ1v) is 10.8. The fraction of sp³-hybridized carbons (Fsp3) is 0.455. The molecule has 0 aromatic heterocycles. The van der Waals surface area contributed by atoms with Crippen LogP contribution in [0.2, 0.25) is 5.02 Å². The highest BCUT2D eigenvalue weighted by Crippen LogP contribution is 2.37. The van der Waals surface area contributed by atoms with E-state index in [1.54, 1.807) is 7.11 Å². The minimum Gasteiger partial charge on any atom is -0.493 e. The Morgan fingerprint density at radius 1 is 1.07 bits per heavy atom. The van der Waals surface area contributed by atoms with Crippen LogP contribution in [0.3, 0.4) is 0 Å². The molecule has 3 rings (SSSR count). The zero-order valence-electron chi connectivity index (χ0n) is 15.8. The zero-order chi connectivity index (χ0) is 19.1. The summed E-state index contributed by atoms with van der Waals surface area (Å²) in [6.07, 6.45) is 7.96. The Morgan fingerprint density at radius 3 is 2.56 bits per heavy atom. The number of methoxy groups -OCH3 is 1. The van der Waals surface area contributed by atoms with Gasteiger partial charge in [0.2, 0.25) is 0 Å². The maximum Gasteiger partial charge on any atom is 0.175 e. The average Bonchev–Trinajstić information content (AvgIpc) is 2.94. The van der Waals surface area contributed by atoms with E-state index in [4.69, 9.17) is 21.1 Å². The molecular weight excluding hydrogens is 426 g/mol. The molecule has 0 saturated heterocycles. The maximum atomic E-state index is 6.05. The van der Waals surface area contributed by atoms with E-state index in [1.165, 1.54) is 44.1 Å². The molecule has 1 saturated carbocycles. The van der Waals surface area contributed by atoms with Crippen molar-refractivity contribution in [2.24, 2.45) is 0 Å². The summed E-state index contributed by atoms with van der Waals surface area (Å²) in [4.78, 5) is 0. The topological polar surface area (TPSA) is 30.5 Å². The Hall–Kier alpha value is -1.23. The third-order valence-electron chi connectivity index (χ3n) is 5.01. The molecule has 0 atom stereocenters. The molecule has 0 amide bonds. The van der Waals surface area contributed by atoms with Crippen LogP contribution in [-0.4, -0.2) is 13.2 Å². The van der Waals surface area contributed by atoms with Crippen molar-refractivity contribution in [3.8, 4) is 11.5 Å². The van der Waals surface area contributed by atoms with Crippen molar-refractivity contribution in [2.45, 2.75) is 57.7 Å². The highest BCUT2D eigenvalue weighted by molar-refractivity contribution is 9.10. The maximum absolute atomic E-state index is 6.05. The number of hydrogen-bond donors (Lipinski definition) is 1. The lowest BCUT2D eigenvalue weighted by Crippen LogP contribution is -2.27. The van der Waals surface area contributed by atoms with Crippen molar-refractivity contribution in [2.75, 3.05) is 7.11 Å². The van der Waals surface area contributed by atoms with E-state index in [0.717, 1.165) is 28.1 Å². The predicted molar refractivity (Wildman–Crippen MR) is 115 cm³/mol. The largest absolute Gasteiger partial charge is 0.493 e. The fourth-order valence-electron chi connectivity index (χ4n) is 3.54. The molecule has 0 aliphatic heterocycles. The van der Waals surface area contributed by atoms with E-state index in [-0.39, 0.29) is 0 Å². The van der Waals surface area contributed by atoms with Gasteiger partial charge in [-0.05, 0) is 64.2 Å². The molecule has 2 aromatic rings. The van der Waals surface area contributed by atoms with Crippen molar-refractivity contribution >= 4 is 27.5 Å². The molecule has 2 aromatic carbocycles. The van der Waals surface area contributed by atoms with Gasteiger partial charge < -0.3 is 14.8 Å². The van der Waals surface area contributed by atoms with Gasteiger partial charge in [-0.3, -0.25) is 0 Å². The number of ether oxygens (including phenoxy) is 2. The van der Waals surface area contributed by atoms with E-state index >= 15 is 0 Å². The minimum absolute atomic E-state index is 0.440. The standard InChI is InChI=1S/C22H27BrClNO2/c1-26-21-13-17(14-25-19-9-4-2-3-5-10-19)12-20(23)22(21)27-15-16-7-6-8-18(24)11-16/h6-8,11-13,19,25H,2-5,9-10,14-15H2,1H3. The van der Waals surface area contributed by atoms with Gasteiger partial charge in [-0.15, -0.1) is 0 Å². The number of benzene rings is 2. The van der Waals surface area contributed by atoms with Gasteiger partial charge in [0.15, 0.2) is 11.5 Å². The van der Waals surface area contributed by atoms with Crippen molar-refractivity contribution in [1.29, 1.82) is 0 Å². The highest BCUT2D eigenvalue weighted by atomic mass is 79.9. The smallest absolute Gasteiger partial charge is 0.175 e. The van der Waals surface area contributed by atoms with Crippen LogP contribution in [0.1, 0.15) is 49.7 Å². The Labute approximate surface area is 175 Å². The molecule has 1 aliphatic carbocycles. The summed E-state index contributed by atoms with van der Waals surface area (Å²) >= 11 is 9.70. The second-order valence-electron chi connectivity index (χ2n) is 7.10. The van der Waals surface area contributed by atoms with Crippen LogP contribution < -0.4 is 14.8 Å². The Kier molecular flexibility index (Phi) is 7.86. The SMILES string of the molecule is COc1cc(CNC2CCCCCC2)cc(Br)c1OCc1cccc(Cl)c1. The molecule has 0 radical (unpaired) electrons. The van der Waals surface area contributed by atoms with Gasteiger partial charge in [-0.2, -0.15) is 0 Å². The summed E-state index contributed by atoms with van der Waals surface area (Å²) in [7, 11) is 1.68. The number of halogens is 2. The lowest BCUT2D eigenvalue weighted by Gasteiger charge is -2.18. The summed E-state index contributed by atoms with van der Waals surface area (Å²) < 4.78 is 12.5. The minimum atomic E-state index is 0.440. The quantitative estimate of drug-likeness (QED) is 0.486. The Morgan fingerprint density at radius 2 is 1.85 bits per heavy atom. The normalized spacial score (nSPS) is 15.4. The fourth-order valence-corrected chi connectivity index (χ4v) is 4.36. The monoisotopic (exact) mass is 451 g/mol. The molecule has 146 valence electrons. The lowest BCUT2D eigenvalue weighted by molar-refractivity contribution is 0.282. The van der Waals surface area contributed by atoms with Gasteiger partial charge in [0.1, 0.15) is 6.61 Å². The molecule has 1 aliphatic rings. The molecular formula is C22H27BrClNO2. The predicted octanol–water partition coefficient (Wildman–Crippen LogP) is 6.50. The number of hydrogen-bond acceptors (Lipinski definition) is 3. The molecule has 1 N–H and O–H groups in total. The van der Waals surface area contributed by atoms with E-state index < -0.39 is 0 Å². The van der Waals surface area contributed by atoms with Gasteiger partial charge in [0, 0.05) is 17.6 Å². The van der Waals surface area contributed by atoms with Gasteiger partial charge in [-0.1, -0.05) is 49.4 Å². The Bertz CT molecular complexity index is 745. The average molecular weight is 453 g/mol. The van der Waals surface area contributed by atoms with Crippen LogP contribution in [0.4, 0.5) is 0 Å². The summed E-state index contributed by atoms with van der Waals surface area (Å²) in [5.74, 6) is 1.46. The van der Waals surface area contributed by atoms with Crippen LogP contribution in [-0.2, 0) is 13.2 Å². The number of rotatable bonds is 7. The van der Waals surface area contributed by atoms with E-state index in [1.807, 2.05) is 24.3 Å². The van der Waals surface area contributed by atoms with Gasteiger partial charge in [-0.25, -0.2) is 0 Å². The Balaban J connectivity index is 1.65. The molecule has 0 unspecified atom stereocenters. The third kappa shape index (κ3) is 6.13. The second kappa shape index (κ2) is 10.4. The molecule has 3 nitrogen and oxygen atoms in total. The highest BCUT2D eigenvalue weighted by Gasteiger charge is 2.15. The molecule has 0 heterocycles. The first kappa shape index (κ1) is 20.5. The molecule has 0 bridgehead atoms. The van der Waals surface area contributed by atoms with Crippen molar-refractivity contribution < 1.29 is 9.47 Å². The van der Waals surface area contributed by atoms with E-state index in [9.17, 15) is 0 Å². The van der Waals surface area contributed by atoms with Crippen LogP contribution in [0.15, 0.2) is 40.9 Å². The van der Waals surface area contributed by atoms with Crippen molar-refractivity contribution in [3.05, 3.63) is 57.0 Å².